The van der Waals surface area contributed by atoms with Gasteiger partial charge in [0.25, 0.3) is 5.91 Å². The molecule has 3 nitrogen and oxygen atoms in total. The molecule has 1 aliphatic rings. The first-order valence-electron chi connectivity index (χ1n) is 5.67. The van der Waals surface area contributed by atoms with E-state index in [1.54, 1.807) is 4.90 Å². The predicted octanol–water partition coefficient (Wildman–Crippen LogP) is 2.38. The minimum absolute atomic E-state index is 0.129. The Morgan fingerprint density at radius 2 is 1.80 bits per heavy atom. The molecule has 0 unspecified atom stereocenters. The van der Waals surface area contributed by atoms with Crippen molar-refractivity contribution in [3.8, 4) is 0 Å². The molecule has 0 aromatic carbocycles. The van der Waals surface area contributed by atoms with Gasteiger partial charge >= 0.3 is 0 Å². The van der Waals surface area contributed by atoms with Crippen molar-refractivity contribution in [2.75, 3.05) is 13.1 Å². The number of carbonyl (C=O) groups is 1. The Labute approximate surface area is 91.9 Å². The average molecular weight is 208 g/mol. The van der Waals surface area contributed by atoms with Gasteiger partial charge in [-0.3, -0.25) is 14.7 Å². The monoisotopic (exact) mass is 208 g/mol. The van der Waals surface area contributed by atoms with Crippen LogP contribution >= 0.6 is 0 Å². The highest BCUT2D eigenvalue weighted by Crippen LogP contribution is 2.21. The Balaban J connectivity index is 2.94. The summed E-state index contributed by atoms with van der Waals surface area (Å²) in [5.74, 6) is 1.02. The topological polar surface area (TPSA) is 32.7 Å². The average Bonchev–Trinajstić information content (AvgIpc) is 2.42. The summed E-state index contributed by atoms with van der Waals surface area (Å²) in [5, 5.41) is 0. The number of carbonyl (C=O) groups excluding carboxylic acids is 1. The summed E-state index contributed by atoms with van der Waals surface area (Å²) in [6.07, 6.45) is 1.99. The molecule has 0 aromatic rings. The van der Waals surface area contributed by atoms with Crippen molar-refractivity contribution in [2.45, 2.75) is 40.5 Å². The van der Waals surface area contributed by atoms with E-state index in [0.717, 1.165) is 42.9 Å². The Morgan fingerprint density at radius 3 is 2.33 bits per heavy atom. The molecule has 0 spiro atoms. The lowest BCUT2D eigenvalue weighted by molar-refractivity contribution is -0.122. The Kier molecular flexibility index (Phi) is 4.06. The molecule has 1 rings (SSSR count). The molecule has 1 aliphatic heterocycles. The smallest absolute Gasteiger partial charge is 0.255 e. The molecule has 0 atom stereocenters. The van der Waals surface area contributed by atoms with Gasteiger partial charge in [0.2, 0.25) is 0 Å². The lowest BCUT2D eigenvalue weighted by Crippen LogP contribution is -2.32. The van der Waals surface area contributed by atoms with Crippen LogP contribution in [-0.2, 0) is 4.79 Å². The third kappa shape index (κ3) is 2.28. The zero-order chi connectivity index (χ0) is 11.4. The van der Waals surface area contributed by atoms with Gasteiger partial charge in [-0.15, -0.1) is 0 Å². The fraction of sp³-hybridized carbons (Fsp3) is 0.667. The van der Waals surface area contributed by atoms with E-state index in [1.165, 1.54) is 0 Å². The molecule has 0 fully saturated rings. The molecule has 3 heteroatoms. The number of aliphatic imine (C=N–C) groups is 1. The van der Waals surface area contributed by atoms with Gasteiger partial charge in [-0.2, -0.15) is 0 Å². The van der Waals surface area contributed by atoms with Gasteiger partial charge < -0.3 is 0 Å². The third-order valence-corrected chi connectivity index (χ3v) is 2.65. The van der Waals surface area contributed by atoms with E-state index in [1.807, 2.05) is 13.8 Å². The molecule has 0 saturated carbocycles. The first-order valence-corrected chi connectivity index (χ1v) is 5.67. The standard InChI is InChI=1S/C12H20N2O/c1-5-7-13-11-9(3)10(4)12(15)14(11)8-6-2/h5-8H2,1-4H3. The quantitative estimate of drug-likeness (QED) is 0.698. The third-order valence-electron chi connectivity index (χ3n) is 2.65. The Morgan fingerprint density at radius 1 is 1.13 bits per heavy atom. The van der Waals surface area contributed by atoms with Crippen LogP contribution in [0.25, 0.3) is 0 Å². The normalized spacial score (nSPS) is 19.6. The molecule has 1 amide bonds. The first-order chi connectivity index (χ1) is 7.13. The van der Waals surface area contributed by atoms with E-state index in [0.29, 0.717) is 0 Å². The minimum Gasteiger partial charge on any atom is -0.293 e. The van der Waals surface area contributed by atoms with Gasteiger partial charge in [0, 0.05) is 18.7 Å². The highest BCUT2D eigenvalue weighted by molar-refractivity contribution is 6.20. The summed E-state index contributed by atoms with van der Waals surface area (Å²) in [4.78, 5) is 18.2. The maximum absolute atomic E-state index is 11.9. The maximum Gasteiger partial charge on any atom is 0.255 e. The second-order valence-corrected chi connectivity index (χ2v) is 3.91. The second kappa shape index (κ2) is 5.10. The van der Waals surface area contributed by atoms with E-state index < -0.39 is 0 Å². The van der Waals surface area contributed by atoms with Gasteiger partial charge in [0.05, 0.1) is 0 Å². The molecule has 0 N–H and O–H groups in total. The SMILES string of the molecule is CCCN=C1C(C)=C(C)C(=O)N1CCC. The summed E-state index contributed by atoms with van der Waals surface area (Å²) in [7, 11) is 0. The summed E-state index contributed by atoms with van der Waals surface area (Å²) in [6, 6.07) is 0. The fourth-order valence-corrected chi connectivity index (χ4v) is 1.68. The second-order valence-electron chi connectivity index (χ2n) is 3.91. The molecule has 0 aromatic heterocycles. The zero-order valence-corrected chi connectivity index (χ0v) is 10.1. The molecule has 1 heterocycles. The number of nitrogens with zero attached hydrogens (tertiary/aromatic N) is 2. The van der Waals surface area contributed by atoms with E-state index >= 15 is 0 Å². The van der Waals surface area contributed by atoms with Crippen molar-refractivity contribution < 1.29 is 4.79 Å². The molecule has 0 bridgehead atoms. The van der Waals surface area contributed by atoms with Gasteiger partial charge in [-0.05, 0) is 32.3 Å². The fourth-order valence-electron chi connectivity index (χ4n) is 1.68. The molecule has 84 valence electrons. The molecule has 0 saturated heterocycles. The van der Waals surface area contributed by atoms with Crippen LogP contribution < -0.4 is 0 Å². The predicted molar refractivity (Wildman–Crippen MR) is 63.0 cm³/mol. The molecular formula is C12H20N2O. The van der Waals surface area contributed by atoms with Gasteiger partial charge in [-0.25, -0.2) is 0 Å². The first kappa shape index (κ1) is 12.0. The largest absolute Gasteiger partial charge is 0.293 e. The molecular weight excluding hydrogens is 188 g/mol. The van der Waals surface area contributed by atoms with Gasteiger partial charge in [0.15, 0.2) is 0 Å². The van der Waals surface area contributed by atoms with Crippen LogP contribution in [-0.4, -0.2) is 29.7 Å². The van der Waals surface area contributed by atoms with Crippen LogP contribution in [0, 0.1) is 0 Å². The van der Waals surface area contributed by atoms with Gasteiger partial charge in [-0.1, -0.05) is 13.8 Å². The van der Waals surface area contributed by atoms with Gasteiger partial charge in [0.1, 0.15) is 5.84 Å². The van der Waals surface area contributed by atoms with E-state index in [4.69, 9.17) is 0 Å². The van der Waals surface area contributed by atoms with Crippen LogP contribution in [0.15, 0.2) is 16.1 Å². The van der Waals surface area contributed by atoms with Crippen LogP contribution in [0.1, 0.15) is 40.5 Å². The summed E-state index contributed by atoms with van der Waals surface area (Å²) >= 11 is 0. The molecule has 0 radical (unpaired) electrons. The number of rotatable bonds is 4. The van der Waals surface area contributed by atoms with Crippen molar-refractivity contribution in [3.63, 3.8) is 0 Å². The lowest BCUT2D eigenvalue weighted by Gasteiger charge is -2.17. The highest BCUT2D eigenvalue weighted by Gasteiger charge is 2.30. The number of hydrogen-bond donors (Lipinski definition) is 0. The van der Waals surface area contributed by atoms with Crippen molar-refractivity contribution in [1.29, 1.82) is 0 Å². The zero-order valence-electron chi connectivity index (χ0n) is 10.1. The number of hydrogen-bond acceptors (Lipinski definition) is 2. The summed E-state index contributed by atoms with van der Waals surface area (Å²) in [6.45, 7) is 9.61. The minimum atomic E-state index is 0.129. The van der Waals surface area contributed by atoms with Crippen molar-refractivity contribution in [2.24, 2.45) is 4.99 Å². The van der Waals surface area contributed by atoms with Crippen molar-refractivity contribution in [3.05, 3.63) is 11.1 Å². The maximum atomic E-state index is 11.9. The van der Waals surface area contributed by atoms with Crippen LogP contribution in [0.5, 0.6) is 0 Å². The van der Waals surface area contributed by atoms with Crippen molar-refractivity contribution >= 4 is 11.7 Å². The molecule has 0 aliphatic carbocycles. The van der Waals surface area contributed by atoms with E-state index in [9.17, 15) is 4.79 Å². The van der Waals surface area contributed by atoms with Crippen molar-refractivity contribution in [1.82, 2.24) is 4.90 Å². The Bertz CT molecular complexity index is 316. The van der Waals surface area contributed by atoms with Crippen LogP contribution in [0.3, 0.4) is 0 Å². The number of amides is 1. The Hall–Kier alpha value is -1.12. The summed E-state index contributed by atoms with van der Waals surface area (Å²) in [5.41, 5.74) is 1.89. The number of amidine groups is 1. The summed E-state index contributed by atoms with van der Waals surface area (Å²) < 4.78 is 0. The van der Waals surface area contributed by atoms with E-state index in [2.05, 4.69) is 18.8 Å². The van der Waals surface area contributed by atoms with Crippen LogP contribution in [0.4, 0.5) is 0 Å². The molecule has 15 heavy (non-hydrogen) atoms. The van der Waals surface area contributed by atoms with E-state index in [-0.39, 0.29) is 5.91 Å². The lowest BCUT2D eigenvalue weighted by atomic mass is 10.2. The van der Waals surface area contributed by atoms with Crippen LogP contribution in [0.2, 0.25) is 0 Å². The highest BCUT2D eigenvalue weighted by atomic mass is 16.2.